The molecule has 1 aromatic rings. The van der Waals surface area contributed by atoms with Crippen LogP contribution in [-0.4, -0.2) is 21.9 Å². The second-order valence-corrected chi connectivity index (χ2v) is 7.51. The minimum Gasteiger partial charge on any atom is -0.461 e. The molecule has 0 aromatic carbocycles. The molecular formula is C19H27N3O3. The molecule has 0 aliphatic heterocycles. The summed E-state index contributed by atoms with van der Waals surface area (Å²) in [5.74, 6) is 0.851. The van der Waals surface area contributed by atoms with Gasteiger partial charge < -0.3 is 4.74 Å². The average molecular weight is 345 g/mol. The van der Waals surface area contributed by atoms with E-state index in [9.17, 15) is 9.59 Å². The monoisotopic (exact) mass is 345 g/mol. The van der Waals surface area contributed by atoms with E-state index in [4.69, 9.17) is 10.00 Å². The summed E-state index contributed by atoms with van der Waals surface area (Å²) in [6, 6.07) is 1.90. The number of nitrogens with zero attached hydrogens (tertiary/aromatic N) is 3. The van der Waals surface area contributed by atoms with Crippen molar-refractivity contribution in [3.05, 3.63) is 27.2 Å². The lowest BCUT2D eigenvalue weighted by Crippen LogP contribution is -2.38. The molecule has 0 saturated heterocycles. The lowest BCUT2D eigenvalue weighted by atomic mass is 9.75. The van der Waals surface area contributed by atoms with Gasteiger partial charge in [-0.2, -0.15) is 10.4 Å². The van der Waals surface area contributed by atoms with Crippen molar-refractivity contribution in [3.8, 4) is 6.07 Å². The SMILES string of the molecule is Cc1nn(CC(=O)OC2CC(C)CCC2C(C)C)c(=O)c(C#N)c1C. The molecular weight excluding hydrogens is 318 g/mol. The van der Waals surface area contributed by atoms with Crippen molar-refractivity contribution < 1.29 is 9.53 Å². The van der Waals surface area contributed by atoms with Gasteiger partial charge >= 0.3 is 5.97 Å². The van der Waals surface area contributed by atoms with E-state index in [0.717, 1.165) is 23.9 Å². The van der Waals surface area contributed by atoms with Gasteiger partial charge in [-0.15, -0.1) is 0 Å². The summed E-state index contributed by atoms with van der Waals surface area (Å²) < 4.78 is 6.76. The van der Waals surface area contributed by atoms with Gasteiger partial charge in [0.25, 0.3) is 5.56 Å². The molecule has 6 nitrogen and oxygen atoms in total. The lowest BCUT2D eigenvalue weighted by Gasteiger charge is -2.36. The van der Waals surface area contributed by atoms with Crippen molar-refractivity contribution in [2.24, 2.45) is 17.8 Å². The lowest BCUT2D eigenvalue weighted by molar-refractivity contribution is -0.157. The van der Waals surface area contributed by atoms with Crippen molar-refractivity contribution in [2.75, 3.05) is 0 Å². The first-order valence-corrected chi connectivity index (χ1v) is 8.92. The first-order chi connectivity index (χ1) is 11.7. The zero-order chi connectivity index (χ0) is 18.7. The van der Waals surface area contributed by atoms with Crippen LogP contribution < -0.4 is 5.56 Å². The fourth-order valence-corrected chi connectivity index (χ4v) is 3.59. The fourth-order valence-electron chi connectivity index (χ4n) is 3.59. The molecule has 25 heavy (non-hydrogen) atoms. The van der Waals surface area contributed by atoms with Gasteiger partial charge in [-0.1, -0.05) is 27.2 Å². The number of carbonyl (C=O) groups excluding carboxylic acids is 1. The summed E-state index contributed by atoms with van der Waals surface area (Å²) >= 11 is 0. The normalized spacial score (nSPS) is 23.3. The largest absolute Gasteiger partial charge is 0.461 e. The molecule has 1 aromatic heterocycles. The van der Waals surface area contributed by atoms with Crippen LogP contribution in [0.15, 0.2) is 4.79 Å². The number of aromatic nitrogens is 2. The van der Waals surface area contributed by atoms with E-state index in [-0.39, 0.29) is 18.2 Å². The van der Waals surface area contributed by atoms with Crippen molar-refractivity contribution in [1.29, 1.82) is 5.26 Å². The third-order valence-electron chi connectivity index (χ3n) is 5.27. The molecule has 1 saturated carbocycles. The van der Waals surface area contributed by atoms with E-state index >= 15 is 0 Å². The highest BCUT2D eigenvalue weighted by Gasteiger charge is 2.33. The highest BCUT2D eigenvalue weighted by Crippen LogP contribution is 2.35. The smallest absolute Gasteiger partial charge is 0.328 e. The maximum Gasteiger partial charge on any atom is 0.328 e. The molecule has 0 bridgehead atoms. The number of ether oxygens (including phenoxy) is 1. The van der Waals surface area contributed by atoms with Gasteiger partial charge in [0.05, 0.1) is 5.69 Å². The number of nitriles is 1. The molecule has 0 N–H and O–H groups in total. The molecule has 3 atom stereocenters. The van der Waals surface area contributed by atoms with Crippen molar-refractivity contribution in [1.82, 2.24) is 9.78 Å². The Morgan fingerprint density at radius 1 is 1.40 bits per heavy atom. The van der Waals surface area contributed by atoms with Crippen molar-refractivity contribution in [3.63, 3.8) is 0 Å². The Bertz CT molecular complexity index is 746. The van der Waals surface area contributed by atoms with Crippen LogP contribution in [0, 0.1) is 42.9 Å². The number of carbonyl (C=O) groups is 1. The molecule has 1 aliphatic carbocycles. The van der Waals surface area contributed by atoms with E-state index in [0.29, 0.717) is 29.0 Å². The predicted octanol–water partition coefficient (Wildman–Crippen LogP) is 2.74. The summed E-state index contributed by atoms with van der Waals surface area (Å²) in [5, 5.41) is 13.3. The fraction of sp³-hybridized carbons (Fsp3) is 0.684. The van der Waals surface area contributed by atoms with Crippen LogP contribution in [0.25, 0.3) is 0 Å². The van der Waals surface area contributed by atoms with Crippen LogP contribution >= 0.6 is 0 Å². The molecule has 1 aliphatic rings. The molecule has 3 unspecified atom stereocenters. The van der Waals surface area contributed by atoms with Gasteiger partial charge in [0.1, 0.15) is 24.3 Å². The standard InChI is InChI=1S/C19H27N3O3/c1-11(2)15-7-6-12(3)8-17(15)25-18(23)10-22-19(24)16(9-20)13(4)14(5)21-22/h11-12,15,17H,6-8,10H2,1-5H3. The molecule has 136 valence electrons. The Balaban J connectivity index is 2.16. The first-order valence-electron chi connectivity index (χ1n) is 8.92. The maximum atomic E-state index is 12.4. The van der Waals surface area contributed by atoms with Crippen molar-refractivity contribution >= 4 is 5.97 Å². The summed E-state index contributed by atoms with van der Waals surface area (Å²) in [5.41, 5.74) is 0.611. The van der Waals surface area contributed by atoms with E-state index in [1.54, 1.807) is 13.8 Å². The van der Waals surface area contributed by atoms with E-state index < -0.39 is 11.5 Å². The molecule has 0 amide bonds. The third-order valence-corrected chi connectivity index (χ3v) is 5.27. The zero-order valence-corrected chi connectivity index (χ0v) is 15.7. The number of hydrogen-bond acceptors (Lipinski definition) is 5. The van der Waals surface area contributed by atoms with Gasteiger partial charge in [0.2, 0.25) is 0 Å². The minimum atomic E-state index is -0.542. The molecule has 1 heterocycles. The molecule has 0 spiro atoms. The van der Waals surface area contributed by atoms with Crippen LogP contribution in [0.4, 0.5) is 0 Å². The van der Waals surface area contributed by atoms with Gasteiger partial charge in [-0.3, -0.25) is 9.59 Å². The van der Waals surface area contributed by atoms with E-state index in [1.165, 1.54) is 0 Å². The van der Waals surface area contributed by atoms with Crippen molar-refractivity contribution in [2.45, 2.75) is 66.5 Å². The molecule has 2 rings (SSSR count). The van der Waals surface area contributed by atoms with E-state index in [2.05, 4.69) is 25.9 Å². The van der Waals surface area contributed by atoms with Crippen LogP contribution in [-0.2, 0) is 16.1 Å². The average Bonchev–Trinajstić information content (AvgIpc) is 2.53. The second kappa shape index (κ2) is 7.81. The summed E-state index contributed by atoms with van der Waals surface area (Å²) in [7, 11) is 0. The van der Waals surface area contributed by atoms with Gasteiger partial charge in [-0.05, 0) is 50.0 Å². The Morgan fingerprint density at radius 2 is 2.08 bits per heavy atom. The van der Waals surface area contributed by atoms with Gasteiger partial charge in [-0.25, -0.2) is 4.68 Å². The molecule has 6 heteroatoms. The van der Waals surface area contributed by atoms with Crippen LogP contribution in [0.1, 0.15) is 56.9 Å². The Hall–Kier alpha value is -2.16. The number of aryl methyl sites for hydroxylation is 1. The molecule has 1 fully saturated rings. The van der Waals surface area contributed by atoms with Crippen LogP contribution in [0.5, 0.6) is 0 Å². The Morgan fingerprint density at radius 3 is 2.68 bits per heavy atom. The minimum absolute atomic E-state index is 0.0339. The second-order valence-electron chi connectivity index (χ2n) is 7.51. The van der Waals surface area contributed by atoms with Gasteiger partial charge in [0, 0.05) is 0 Å². The highest BCUT2D eigenvalue weighted by atomic mass is 16.5. The predicted molar refractivity (Wildman–Crippen MR) is 93.9 cm³/mol. The molecule has 0 radical (unpaired) electrons. The summed E-state index contributed by atoms with van der Waals surface area (Å²) in [6.07, 6.45) is 2.94. The summed E-state index contributed by atoms with van der Waals surface area (Å²) in [4.78, 5) is 24.7. The third kappa shape index (κ3) is 4.28. The summed E-state index contributed by atoms with van der Waals surface area (Å²) in [6.45, 7) is 9.61. The Labute approximate surface area is 148 Å². The maximum absolute atomic E-state index is 12.4. The zero-order valence-electron chi connectivity index (χ0n) is 15.7. The quantitative estimate of drug-likeness (QED) is 0.783. The highest BCUT2D eigenvalue weighted by molar-refractivity contribution is 5.69. The number of hydrogen-bond donors (Lipinski definition) is 0. The topological polar surface area (TPSA) is 85.0 Å². The number of esters is 1. The van der Waals surface area contributed by atoms with Crippen LogP contribution in [0.3, 0.4) is 0 Å². The number of rotatable bonds is 4. The van der Waals surface area contributed by atoms with Gasteiger partial charge in [0.15, 0.2) is 0 Å². The van der Waals surface area contributed by atoms with Crippen LogP contribution in [0.2, 0.25) is 0 Å². The van der Waals surface area contributed by atoms with E-state index in [1.807, 2.05) is 6.07 Å². The first kappa shape index (κ1) is 19.2. The Kier molecular flexibility index (Phi) is 5.99.